The molecule has 1 aromatic rings. The number of fused-ring (bicyclic) bond motifs is 1. The summed E-state index contributed by atoms with van der Waals surface area (Å²) < 4.78 is 0. The van der Waals surface area contributed by atoms with Crippen LogP contribution in [0.1, 0.15) is 23.6 Å². The number of carbonyl (C=O) groups excluding carboxylic acids is 1. The van der Waals surface area contributed by atoms with Gasteiger partial charge in [0.1, 0.15) is 0 Å². The summed E-state index contributed by atoms with van der Waals surface area (Å²) >= 11 is 0. The van der Waals surface area contributed by atoms with Crippen molar-refractivity contribution < 1.29 is 4.79 Å². The minimum absolute atomic E-state index is 0.629. The van der Waals surface area contributed by atoms with E-state index in [-0.39, 0.29) is 0 Å². The van der Waals surface area contributed by atoms with Crippen LogP contribution in [0.2, 0.25) is 0 Å². The predicted molar refractivity (Wildman–Crippen MR) is 54.9 cm³/mol. The van der Waals surface area contributed by atoms with E-state index in [0.717, 1.165) is 28.8 Å². The van der Waals surface area contributed by atoms with Gasteiger partial charge in [0.2, 0.25) is 6.08 Å². The highest BCUT2D eigenvalue weighted by Gasteiger charge is 2.13. The molecule has 3 heteroatoms. The first kappa shape index (κ1) is 8.85. The Bertz CT molecular complexity index is 443. The van der Waals surface area contributed by atoms with Crippen LogP contribution in [0, 0.1) is 0 Å². The van der Waals surface area contributed by atoms with Gasteiger partial charge in [-0.05, 0) is 17.5 Å². The van der Waals surface area contributed by atoms with Gasteiger partial charge < -0.3 is 0 Å². The van der Waals surface area contributed by atoms with Crippen molar-refractivity contribution in [2.45, 2.75) is 19.9 Å². The number of isocyanates is 1. The molecule has 1 heterocycles. The van der Waals surface area contributed by atoms with Crippen molar-refractivity contribution in [3.05, 3.63) is 28.8 Å². The van der Waals surface area contributed by atoms with Gasteiger partial charge in [0.15, 0.2) is 0 Å². The molecule has 0 amide bonds. The molecule has 1 aliphatic heterocycles. The van der Waals surface area contributed by atoms with Gasteiger partial charge >= 0.3 is 0 Å². The second-order valence-corrected chi connectivity index (χ2v) is 3.17. The Kier molecular flexibility index (Phi) is 2.25. The van der Waals surface area contributed by atoms with Crippen molar-refractivity contribution in [1.82, 2.24) is 0 Å². The quantitative estimate of drug-likeness (QED) is 0.515. The van der Waals surface area contributed by atoms with Gasteiger partial charge in [0.25, 0.3) is 0 Å². The third kappa shape index (κ3) is 1.28. The lowest BCUT2D eigenvalue weighted by Gasteiger charge is -2.06. The minimum Gasteiger partial charge on any atom is -0.288 e. The summed E-state index contributed by atoms with van der Waals surface area (Å²) in [4.78, 5) is 18.2. The number of nitrogens with zero attached hydrogens (tertiary/aromatic N) is 2. The van der Waals surface area contributed by atoms with Gasteiger partial charge in [-0.15, -0.1) is 0 Å². The lowest BCUT2D eigenvalue weighted by Crippen LogP contribution is -1.90. The topological polar surface area (TPSA) is 41.8 Å². The maximum Gasteiger partial charge on any atom is 0.240 e. The van der Waals surface area contributed by atoms with E-state index in [1.54, 1.807) is 6.08 Å². The predicted octanol–water partition coefficient (Wildman–Crippen LogP) is 2.15. The Morgan fingerprint density at radius 2 is 2.43 bits per heavy atom. The van der Waals surface area contributed by atoms with E-state index < -0.39 is 0 Å². The molecule has 70 valence electrons. The van der Waals surface area contributed by atoms with Crippen molar-refractivity contribution in [2.75, 3.05) is 0 Å². The Hall–Kier alpha value is -1.73. The maximum absolute atomic E-state index is 10.3. The zero-order chi connectivity index (χ0) is 9.97. The van der Waals surface area contributed by atoms with Gasteiger partial charge in [-0.25, -0.2) is 4.79 Å². The van der Waals surface area contributed by atoms with Crippen molar-refractivity contribution in [1.29, 1.82) is 0 Å². The number of rotatable bonds is 2. The standard InChI is InChI=1S/C11H10N2O/c1-2-8-3-4-9-5-12-6-10(9)11(8)13-7-14/h3-5H,2,6H2,1H3. The van der Waals surface area contributed by atoms with Gasteiger partial charge in [-0.2, -0.15) is 4.99 Å². The van der Waals surface area contributed by atoms with E-state index >= 15 is 0 Å². The second kappa shape index (κ2) is 3.56. The molecule has 0 aromatic heterocycles. The molecule has 1 aromatic carbocycles. The molecule has 0 spiro atoms. The molecule has 3 nitrogen and oxygen atoms in total. The molecular formula is C11H10N2O. The van der Waals surface area contributed by atoms with Crippen LogP contribution in [-0.2, 0) is 17.8 Å². The average molecular weight is 186 g/mol. The second-order valence-electron chi connectivity index (χ2n) is 3.17. The molecule has 14 heavy (non-hydrogen) atoms. The number of aryl methyl sites for hydroxylation is 1. The summed E-state index contributed by atoms with van der Waals surface area (Å²) in [7, 11) is 0. The third-order valence-corrected chi connectivity index (χ3v) is 2.42. The zero-order valence-electron chi connectivity index (χ0n) is 7.95. The van der Waals surface area contributed by atoms with Gasteiger partial charge in [-0.1, -0.05) is 19.1 Å². The molecule has 0 saturated carbocycles. The van der Waals surface area contributed by atoms with Crippen LogP contribution >= 0.6 is 0 Å². The van der Waals surface area contributed by atoms with E-state index in [4.69, 9.17) is 0 Å². The van der Waals surface area contributed by atoms with Crippen molar-refractivity contribution in [3.8, 4) is 0 Å². The highest BCUT2D eigenvalue weighted by Crippen LogP contribution is 2.30. The molecule has 1 aliphatic rings. The van der Waals surface area contributed by atoms with E-state index in [1.807, 2.05) is 25.3 Å². The van der Waals surface area contributed by atoms with Crippen LogP contribution in [-0.4, -0.2) is 12.3 Å². The monoisotopic (exact) mass is 186 g/mol. The van der Waals surface area contributed by atoms with Gasteiger partial charge in [0, 0.05) is 11.8 Å². The minimum atomic E-state index is 0.629. The molecule has 0 fully saturated rings. The van der Waals surface area contributed by atoms with E-state index in [1.165, 1.54) is 0 Å². The summed E-state index contributed by atoms with van der Waals surface area (Å²) in [6.07, 6.45) is 4.29. The molecule has 0 N–H and O–H groups in total. The highest BCUT2D eigenvalue weighted by atomic mass is 16.1. The molecular weight excluding hydrogens is 176 g/mol. The summed E-state index contributed by atoms with van der Waals surface area (Å²) in [5.74, 6) is 0. The van der Waals surface area contributed by atoms with Crippen molar-refractivity contribution >= 4 is 18.0 Å². The first-order valence-corrected chi connectivity index (χ1v) is 4.59. The lowest BCUT2D eigenvalue weighted by molar-refractivity contribution is 0.565. The van der Waals surface area contributed by atoms with Crippen molar-refractivity contribution in [3.63, 3.8) is 0 Å². The van der Waals surface area contributed by atoms with E-state index in [2.05, 4.69) is 9.98 Å². The van der Waals surface area contributed by atoms with E-state index in [9.17, 15) is 4.79 Å². The molecule has 2 rings (SSSR count). The summed E-state index contributed by atoms with van der Waals surface area (Å²) in [5.41, 5.74) is 3.96. The van der Waals surface area contributed by atoms with Crippen LogP contribution in [0.15, 0.2) is 22.1 Å². The van der Waals surface area contributed by atoms with Crippen LogP contribution < -0.4 is 0 Å². The van der Waals surface area contributed by atoms with Crippen LogP contribution in [0.3, 0.4) is 0 Å². The largest absolute Gasteiger partial charge is 0.288 e. The number of aliphatic imine (C=N–C) groups is 2. The fraction of sp³-hybridized carbons (Fsp3) is 0.273. The Morgan fingerprint density at radius 1 is 1.57 bits per heavy atom. The maximum atomic E-state index is 10.3. The first-order chi connectivity index (χ1) is 6.86. The van der Waals surface area contributed by atoms with E-state index in [0.29, 0.717) is 6.54 Å². The lowest BCUT2D eigenvalue weighted by atomic mass is 10.0. The Morgan fingerprint density at radius 3 is 3.14 bits per heavy atom. The third-order valence-electron chi connectivity index (χ3n) is 2.42. The molecule has 0 saturated heterocycles. The molecule has 0 radical (unpaired) electrons. The summed E-state index contributed by atoms with van der Waals surface area (Å²) in [6, 6.07) is 4.01. The Balaban J connectivity index is 2.64. The fourth-order valence-electron chi connectivity index (χ4n) is 1.69. The average Bonchev–Trinajstić information content (AvgIpc) is 2.67. The van der Waals surface area contributed by atoms with Crippen molar-refractivity contribution in [2.24, 2.45) is 9.98 Å². The number of hydrogen-bond donors (Lipinski definition) is 0. The summed E-state index contributed by atoms with van der Waals surface area (Å²) in [6.45, 7) is 2.67. The zero-order valence-corrected chi connectivity index (χ0v) is 7.95. The highest BCUT2D eigenvalue weighted by molar-refractivity contribution is 5.87. The van der Waals surface area contributed by atoms with Crippen LogP contribution in [0.4, 0.5) is 5.69 Å². The van der Waals surface area contributed by atoms with Gasteiger partial charge in [0.05, 0.1) is 12.2 Å². The number of benzene rings is 1. The van der Waals surface area contributed by atoms with Gasteiger partial charge in [-0.3, -0.25) is 4.99 Å². The normalized spacial score (nSPS) is 12.4. The summed E-state index contributed by atoms with van der Waals surface area (Å²) in [5, 5.41) is 0. The number of hydrogen-bond acceptors (Lipinski definition) is 3. The smallest absolute Gasteiger partial charge is 0.240 e. The Labute approximate surface area is 82.2 Å². The molecule has 0 bridgehead atoms. The molecule has 0 unspecified atom stereocenters. The SMILES string of the molecule is CCc1ccc2c(c1N=C=O)CN=C2. The van der Waals surface area contributed by atoms with Crippen LogP contribution in [0.25, 0.3) is 0 Å². The fourth-order valence-corrected chi connectivity index (χ4v) is 1.69. The molecule has 0 aliphatic carbocycles. The van der Waals surface area contributed by atoms with Crippen LogP contribution in [0.5, 0.6) is 0 Å². The first-order valence-electron chi connectivity index (χ1n) is 4.59. The molecule has 0 atom stereocenters.